The number of amides is 1. The largest absolute Gasteiger partial charge is 0.368 e. The lowest BCUT2D eigenvalue weighted by atomic mass is 10.1. The summed E-state index contributed by atoms with van der Waals surface area (Å²) in [6, 6.07) is 17.2. The van der Waals surface area contributed by atoms with Crippen LogP contribution < -0.4 is 4.90 Å². The van der Waals surface area contributed by atoms with E-state index in [1.54, 1.807) is 6.92 Å². The first-order valence-electron chi connectivity index (χ1n) is 10.8. The van der Waals surface area contributed by atoms with Crippen molar-refractivity contribution in [3.05, 3.63) is 70.1 Å². The number of piperazine rings is 1. The molecule has 0 atom stereocenters. The molecule has 168 valence electrons. The predicted octanol–water partition coefficient (Wildman–Crippen LogP) is 5.12. The third kappa shape index (κ3) is 4.14. The zero-order valence-electron chi connectivity index (χ0n) is 18.4. The van der Waals surface area contributed by atoms with Gasteiger partial charge in [0.15, 0.2) is 5.78 Å². The number of nitrogens with zero attached hydrogens (tertiary/aromatic N) is 4. The van der Waals surface area contributed by atoms with E-state index in [0.29, 0.717) is 23.7 Å². The van der Waals surface area contributed by atoms with E-state index in [1.165, 1.54) is 11.3 Å². The van der Waals surface area contributed by atoms with Gasteiger partial charge in [-0.05, 0) is 49.4 Å². The summed E-state index contributed by atoms with van der Waals surface area (Å²) in [6.07, 6.45) is 0. The Bertz CT molecular complexity index is 1330. The minimum Gasteiger partial charge on any atom is -0.368 e. The zero-order chi connectivity index (χ0) is 23.1. The number of carbonyl (C=O) groups excluding carboxylic acids is 2. The van der Waals surface area contributed by atoms with Crippen molar-refractivity contribution in [2.45, 2.75) is 6.92 Å². The summed E-state index contributed by atoms with van der Waals surface area (Å²) < 4.78 is 1.84. The molecule has 5 rings (SSSR count). The van der Waals surface area contributed by atoms with Crippen LogP contribution in [0.25, 0.3) is 21.5 Å². The van der Waals surface area contributed by atoms with E-state index in [2.05, 4.69) is 10.00 Å². The SMILES string of the molecule is CC(=O)c1ccc(N2CCN(C(=O)c3cc4c(-c5ccc(Cl)cc5)nn(C)c4s3)CC2)cc1. The van der Waals surface area contributed by atoms with Gasteiger partial charge in [-0.25, -0.2) is 0 Å². The molecule has 2 aromatic carbocycles. The van der Waals surface area contributed by atoms with Crippen LogP contribution >= 0.6 is 22.9 Å². The van der Waals surface area contributed by atoms with Gasteiger partial charge in [0.1, 0.15) is 10.5 Å². The number of carbonyl (C=O) groups is 2. The van der Waals surface area contributed by atoms with Crippen molar-refractivity contribution in [1.82, 2.24) is 14.7 Å². The fraction of sp³-hybridized carbons (Fsp3) is 0.240. The van der Waals surface area contributed by atoms with Gasteiger partial charge in [-0.1, -0.05) is 23.7 Å². The third-order valence-corrected chi connectivity index (χ3v) is 7.49. The average molecular weight is 479 g/mol. The number of aryl methyl sites for hydroxylation is 1. The number of hydrogen-bond acceptors (Lipinski definition) is 5. The second kappa shape index (κ2) is 8.65. The van der Waals surface area contributed by atoms with Crippen LogP contribution in [-0.4, -0.2) is 52.5 Å². The van der Waals surface area contributed by atoms with Crippen LogP contribution in [0.2, 0.25) is 5.02 Å². The van der Waals surface area contributed by atoms with Gasteiger partial charge < -0.3 is 9.80 Å². The number of halogens is 1. The molecule has 1 aliphatic heterocycles. The fourth-order valence-electron chi connectivity index (χ4n) is 4.20. The minimum absolute atomic E-state index is 0.0600. The molecule has 0 spiro atoms. The molecule has 6 nitrogen and oxygen atoms in total. The maximum atomic E-state index is 13.3. The topological polar surface area (TPSA) is 58.4 Å². The molecule has 4 aromatic rings. The van der Waals surface area contributed by atoms with Gasteiger partial charge in [-0.3, -0.25) is 14.3 Å². The number of benzene rings is 2. The average Bonchev–Trinajstić information content (AvgIpc) is 3.40. The quantitative estimate of drug-likeness (QED) is 0.382. The number of thiophene rings is 1. The van der Waals surface area contributed by atoms with Crippen LogP contribution in [0.4, 0.5) is 5.69 Å². The lowest BCUT2D eigenvalue weighted by Crippen LogP contribution is -2.48. The Kier molecular flexibility index (Phi) is 5.68. The molecular formula is C25H23ClN4O2S. The second-order valence-corrected chi connectivity index (χ2v) is 9.66. The number of fused-ring (bicyclic) bond motifs is 1. The molecule has 1 aliphatic rings. The fourth-order valence-corrected chi connectivity index (χ4v) is 5.36. The summed E-state index contributed by atoms with van der Waals surface area (Å²) in [7, 11) is 1.91. The molecule has 8 heteroatoms. The highest BCUT2D eigenvalue weighted by Gasteiger charge is 2.25. The maximum Gasteiger partial charge on any atom is 0.264 e. The number of aromatic nitrogens is 2. The van der Waals surface area contributed by atoms with Crippen LogP contribution in [0, 0.1) is 0 Å². The Morgan fingerprint density at radius 2 is 1.64 bits per heavy atom. The monoisotopic (exact) mass is 478 g/mol. The summed E-state index contributed by atoms with van der Waals surface area (Å²) in [4.78, 5) is 30.6. The molecule has 1 amide bonds. The van der Waals surface area contributed by atoms with Gasteiger partial charge in [0.2, 0.25) is 0 Å². The van der Waals surface area contributed by atoms with Crippen LogP contribution in [0.3, 0.4) is 0 Å². The molecule has 1 saturated heterocycles. The van der Waals surface area contributed by atoms with Crippen molar-refractivity contribution in [3.63, 3.8) is 0 Å². The molecule has 2 aromatic heterocycles. The third-order valence-electron chi connectivity index (χ3n) is 6.05. The Balaban J connectivity index is 1.32. The van der Waals surface area contributed by atoms with Crippen molar-refractivity contribution in [2.24, 2.45) is 7.05 Å². The van der Waals surface area contributed by atoms with E-state index in [0.717, 1.165) is 45.1 Å². The van der Waals surface area contributed by atoms with Crippen molar-refractivity contribution >= 4 is 50.5 Å². The molecule has 0 radical (unpaired) electrons. The summed E-state index contributed by atoms with van der Waals surface area (Å²) in [5.74, 6) is 0.125. The summed E-state index contributed by atoms with van der Waals surface area (Å²) >= 11 is 7.52. The highest BCUT2D eigenvalue weighted by atomic mass is 35.5. The number of anilines is 1. The van der Waals surface area contributed by atoms with Crippen LogP contribution in [0.5, 0.6) is 0 Å². The molecule has 33 heavy (non-hydrogen) atoms. The molecule has 0 aliphatic carbocycles. The van der Waals surface area contributed by atoms with Crippen molar-refractivity contribution < 1.29 is 9.59 Å². The van der Waals surface area contributed by atoms with Gasteiger partial charge in [-0.15, -0.1) is 11.3 Å². The van der Waals surface area contributed by atoms with E-state index in [-0.39, 0.29) is 11.7 Å². The molecule has 1 fully saturated rings. The van der Waals surface area contributed by atoms with Crippen LogP contribution in [0.15, 0.2) is 54.6 Å². The van der Waals surface area contributed by atoms with E-state index >= 15 is 0 Å². The van der Waals surface area contributed by atoms with E-state index in [4.69, 9.17) is 11.6 Å². The molecule has 0 unspecified atom stereocenters. The number of Topliss-reactive ketones (excluding diaryl/α,β-unsaturated/α-hetero) is 1. The summed E-state index contributed by atoms with van der Waals surface area (Å²) in [5, 5.41) is 6.32. The zero-order valence-corrected chi connectivity index (χ0v) is 20.0. The number of rotatable bonds is 4. The van der Waals surface area contributed by atoms with E-state index in [1.807, 2.05) is 71.2 Å². The van der Waals surface area contributed by atoms with Crippen LogP contribution in [-0.2, 0) is 7.05 Å². The first-order chi connectivity index (χ1) is 15.9. The maximum absolute atomic E-state index is 13.3. The Labute approximate surface area is 201 Å². The van der Waals surface area contributed by atoms with E-state index < -0.39 is 0 Å². The Morgan fingerprint density at radius 1 is 0.970 bits per heavy atom. The Morgan fingerprint density at radius 3 is 2.27 bits per heavy atom. The first-order valence-corrected chi connectivity index (χ1v) is 12.0. The van der Waals surface area contributed by atoms with Gasteiger partial charge in [0.25, 0.3) is 5.91 Å². The number of ketones is 1. The molecule has 0 saturated carbocycles. The minimum atomic E-state index is 0.0600. The Hall–Kier alpha value is -3.16. The standard InChI is InChI=1S/C25H23ClN4O2S/c1-16(31)17-5-9-20(10-6-17)29-11-13-30(14-12-29)24(32)22-15-21-23(27-28(2)25(21)33-22)18-3-7-19(26)8-4-18/h3-10,15H,11-14H2,1-2H3. The highest BCUT2D eigenvalue weighted by Crippen LogP contribution is 2.34. The van der Waals surface area contributed by atoms with Gasteiger partial charge in [0.05, 0.1) is 4.88 Å². The van der Waals surface area contributed by atoms with Gasteiger partial charge in [0, 0.05) is 60.4 Å². The molecule has 0 bridgehead atoms. The lowest BCUT2D eigenvalue weighted by Gasteiger charge is -2.36. The first kappa shape index (κ1) is 21.7. The van der Waals surface area contributed by atoms with Gasteiger partial charge >= 0.3 is 0 Å². The molecular weight excluding hydrogens is 456 g/mol. The normalized spacial score (nSPS) is 14.2. The van der Waals surface area contributed by atoms with Crippen molar-refractivity contribution in [2.75, 3.05) is 31.1 Å². The van der Waals surface area contributed by atoms with Crippen molar-refractivity contribution in [1.29, 1.82) is 0 Å². The smallest absolute Gasteiger partial charge is 0.264 e. The lowest BCUT2D eigenvalue weighted by molar-refractivity contribution is 0.0751. The highest BCUT2D eigenvalue weighted by molar-refractivity contribution is 7.20. The van der Waals surface area contributed by atoms with Gasteiger partial charge in [-0.2, -0.15) is 5.10 Å². The van der Waals surface area contributed by atoms with Crippen LogP contribution in [0.1, 0.15) is 27.0 Å². The number of hydrogen-bond donors (Lipinski definition) is 0. The summed E-state index contributed by atoms with van der Waals surface area (Å²) in [6.45, 7) is 4.40. The molecule has 0 N–H and O–H groups in total. The molecule has 3 heterocycles. The predicted molar refractivity (Wildman–Crippen MR) is 134 cm³/mol. The van der Waals surface area contributed by atoms with E-state index in [9.17, 15) is 9.59 Å². The summed E-state index contributed by atoms with van der Waals surface area (Å²) in [5.41, 5.74) is 3.63. The van der Waals surface area contributed by atoms with Crippen molar-refractivity contribution in [3.8, 4) is 11.3 Å². The second-order valence-electron chi connectivity index (χ2n) is 8.19.